The number of esters is 1. The van der Waals surface area contributed by atoms with Crippen molar-refractivity contribution in [2.75, 3.05) is 13.7 Å². The maximum atomic E-state index is 11.5. The van der Waals surface area contributed by atoms with Crippen LogP contribution in [0, 0.1) is 0 Å². The van der Waals surface area contributed by atoms with Crippen molar-refractivity contribution in [1.82, 2.24) is 5.32 Å². The predicted molar refractivity (Wildman–Crippen MR) is 84.7 cm³/mol. The van der Waals surface area contributed by atoms with Crippen LogP contribution in [0.15, 0.2) is 39.2 Å². The highest BCUT2D eigenvalue weighted by atomic mass is 79.9. The van der Waals surface area contributed by atoms with Crippen LogP contribution in [0.4, 0.5) is 0 Å². The van der Waals surface area contributed by atoms with Crippen molar-refractivity contribution in [1.29, 1.82) is 0 Å². The second-order valence-corrected chi connectivity index (χ2v) is 5.62. The third-order valence-corrected chi connectivity index (χ3v) is 4.20. The van der Waals surface area contributed by atoms with E-state index < -0.39 is 5.97 Å². The van der Waals surface area contributed by atoms with E-state index in [1.54, 1.807) is 12.1 Å². The largest absolute Gasteiger partial charge is 0.463 e. The van der Waals surface area contributed by atoms with Gasteiger partial charge in [0.05, 0.1) is 18.2 Å². The molecule has 1 N–H and O–H groups in total. The Balaban J connectivity index is 2.36. The van der Waals surface area contributed by atoms with Gasteiger partial charge < -0.3 is 14.5 Å². The van der Waals surface area contributed by atoms with E-state index in [4.69, 9.17) is 16.0 Å². The van der Waals surface area contributed by atoms with Crippen molar-refractivity contribution in [3.8, 4) is 0 Å². The van der Waals surface area contributed by atoms with Crippen LogP contribution in [-0.2, 0) is 4.74 Å². The molecule has 0 spiro atoms. The van der Waals surface area contributed by atoms with E-state index in [2.05, 4.69) is 26.0 Å². The summed E-state index contributed by atoms with van der Waals surface area (Å²) in [4.78, 5) is 11.5. The average Bonchev–Trinajstić information content (AvgIpc) is 2.96. The highest BCUT2D eigenvalue weighted by Gasteiger charge is 2.20. The topological polar surface area (TPSA) is 51.5 Å². The SMILES string of the molecule is CCNC(c1ccc(Cl)c(Br)c1)c1ccc(C(=O)OC)o1. The normalized spacial score (nSPS) is 12.2. The molecule has 1 atom stereocenters. The minimum absolute atomic E-state index is 0.165. The molecule has 0 aliphatic carbocycles. The lowest BCUT2D eigenvalue weighted by molar-refractivity contribution is 0.0562. The van der Waals surface area contributed by atoms with Crippen LogP contribution in [0.5, 0.6) is 0 Å². The zero-order valence-electron chi connectivity index (χ0n) is 11.7. The number of hydrogen-bond donors (Lipinski definition) is 1. The molecule has 0 aliphatic rings. The van der Waals surface area contributed by atoms with E-state index >= 15 is 0 Å². The monoisotopic (exact) mass is 371 g/mol. The number of rotatable bonds is 5. The molecule has 112 valence electrons. The summed E-state index contributed by atoms with van der Waals surface area (Å²) in [6.45, 7) is 2.75. The number of ether oxygens (including phenoxy) is 1. The van der Waals surface area contributed by atoms with Crippen LogP contribution in [0.3, 0.4) is 0 Å². The van der Waals surface area contributed by atoms with Gasteiger partial charge in [0.2, 0.25) is 5.76 Å². The Morgan fingerprint density at radius 2 is 2.19 bits per heavy atom. The standard InChI is InChI=1S/C15H15BrClNO3/c1-3-18-14(9-4-5-11(17)10(16)8-9)12-6-7-13(21-12)15(19)20-2/h4-8,14,18H,3H2,1-2H3. The van der Waals surface area contributed by atoms with E-state index in [-0.39, 0.29) is 11.8 Å². The minimum atomic E-state index is -0.492. The molecule has 1 unspecified atom stereocenters. The molecule has 1 aromatic carbocycles. The van der Waals surface area contributed by atoms with Crippen LogP contribution in [-0.4, -0.2) is 19.6 Å². The molecule has 2 rings (SSSR count). The van der Waals surface area contributed by atoms with Crippen molar-refractivity contribution in [3.05, 3.63) is 56.9 Å². The third-order valence-electron chi connectivity index (χ3n) is 2.98. The van der Waals surface area contributed by atoms with E-state index in [0.29, 0.717) is 10.8 Å². The number of carbonyl (C=O) groups excluding carboxylic acids is 1. The lowest BCUT2D eigenvalue weighted by Gasteiger charge is -2.16. The lowest BCUT2D eigenvalue weighted by Crippen LogP contribution is -2.21. The van der Waals surface area contributed by atoms with E-state index in [0.717, 1.165) is 16.6 Å². The molecule has 0 fully saturated rings. The van der Waals surface area contributed by atoms with Crippen LogP contribution in [0.25, 0.3) is 0 Å². The van der Waals surface area contributed by atoms with Crippen LogP contribution in [0.1, 0.15) is 34.8 Å². The molecule has 0 bridgehead atoms. The Bertz CT molecular complexity index is 642. The molecule has 0 aliphatic heterocycles. The van der Waals surface area contributed by atoms with Gasteiger partial charge in [0.25, 0.3) is 0 Å². The second kappa shape index (κ2) is 7.11. The summed E-state index contributed by atoms with van der Waals surface area (Å²) in [5, 5.41) is 3.96. The molecule has 4 nitrogen and oxygen atoms in total. The average molecular weight is 373 g/mol. The van der Waals surface area contributed by atoms with Gasteiger partial charge in [-0.15, -0.1) is 0 Å². The van der Waals surface area contributed by atoms with Crippen molar-refractivity contribution in [3.63, 3.8) is 0 Å². The van der Waals surface area contributed by atoms with Gasteiger partial charge in [-0.3, -0.25) is 0 Å². The third kappa shape index (κ3) is 3.67. The summed E-state index contributed by atoms with van der Waals surface area (Å²) >= 11 is 9.43. The zero-order chi connectivity index (χ0) is 15.4. The van der Waals surface area contributed by atoms with Gasteiger partial charge in [-0.25, -0.2) is 4.79 Å². The highest BCUT2D eigenvalue weighted by Crippen LogP contribution is 2.30. The quantitative estimate of drug-likeness (QED) is 0.800. The van der Waals surface area contributed by atoms with Crippen LogP contribution >= 0.6 is 27.5 Å². The molecule has 21 heavy (non-hydrogen) atoms. The molecule has 0 saturated carbocycles. The van der Waals surface area contributed by atoms with E-state index in [1.807, 2.05) is 25.1 Å². The summed E-state index contributed by atoms with van der Waals surface area (Å²) in [5.74, 6) is 0.337. The molecule has 1 aromatic heterocycles. The summed E-state index contributed by atoms with van der Waals surface area (Å²) in [6, 6.07) is 8.87. The highest BCUT2D eigenvalue weighted by molar-refractivity contribution is 9.10. The van der Waals surface area contributed by atoms with Gasteiger partial charge in [-0.2, -0.15) is 0 Å². The maximum absolute atomic E-state index is 11.5. The van der Waals surface area contributed by atoms with Gasteiger partial charge >= 0.3 is 5.97 Å². The zero-order valence-corrected chi connectivity index (χ0v) is 14.0. The van der Waals surface area contributed by atoms with Crippen LogP contribution in [0.2, 0.25) is 5.02 Å². The summed E-state index contributed by atoms with van der Waals surface area (Å²) in [5.41, 5.74) is 0.985. The fourth-order valence-electron chi connectivity index (χ4n) is 2.00. The molecule has 0 saturated heterocycles. The smallest absolute Gasteiger partial charge is 0.373 e. The Morgan fingerprint density at radius 1 is 1.43 bits per heavy atom. The number of carbonyl (C=O) groups is 1. The number of nitrogens with one attached hydrogen (secondary N) is 1. The molecule has 6 heteroatoms. The Labute approximate surface area is 136 Å². The first-order valence-corrected chi connectivity index (χ1v) is 7.60. The number of hydrogen-bond acceptors (Lipinski definition) is 4. The summed E-state index contributed by atoms with van der Waals surface area (Å²) < 4.78 is 11.1. The molecule has 2 aromatic rings. The molecule has 0 radical (unpaired) electrons. The fourth-order valence-corrected chi connectivity index (χ4v) is 2.51. The number of methoxy groups -OCH3 is 1. The van der Waals surface area contributed by atoms with Crippen molar-refractivity contribution in [2.24, 2.45) is 0 Å². The molecule has 1 heterocycles. The van der Waals surface area contributed by atoms with Gasteiger partial charge in [0.1, 0.15) is 5.76 Å². The summed E-state index contributed by atoms with van der Waals surface area (Å²) in [7, 11) is 1.32. The van der Waals surface area contributed by atoms with E-state index in [1.165, 1.54) is 7.11 Å². The number of halogens is 2. The summed E-state index contributed by atoms with van der Waals surface area (Å²) in [6.07, 6.45) is 0. The first-order valence-electron chi connectivity index (χ1n) is 6.43. The first kappa shape index (κ1) is 16.1. The minimum Gasteiger partial charge on any atom is -0.463 e. The van der Waals surface area contributed by atoms with Gasteiger partial charge in [-0.1, -0.05) is 24.6 Å². The van der Waals surface area contributed by atoms with Gasteiger partial charge in [0, 0.05) is 4.47 Å². The lowest BCUT2D eigenvalue weighted by atomic mass is 10.0. The molecular weight excluding hydrogens is 358 g/mol. The first-order chi connectivity index (χ1) is 10.1. The van der Waals surface area contributed by atoms with Crippen molar-refractivity contribution >= 4 is 33.5 Å². The molecular formula is C15H15BrClNO3. The van der Waals surface area contributed by atoms with Gasteiger partial charge in [-0.05, 0) is 52.3 Å². The fraction of sp³-hybridized carbons (Fsp3) is 0.267. The number of furan rings is 1. The second-order valence-electron chi connectivity index (χ2n) is 4.36. The predicted octanol–water partition coefficient (Wildman–Crippen LogP) is 4.18. The molecule has 0 amide bonds. The Morgan fingerprint density at radius 3 is 2.81 bits per heavy atom. The maximum Gasteiger partial charge on any atom is 0.373 e. The van der Waals surface area contributed by atoms with E-state index in [9.17, 15) is 4.79 Å². The van der Waals surface area contributed by atoms with Gasteiger partial charge in [0.15, 0.2) is 0 Å². The van der Waals surface area contributed by atoms with Crippen molar-refractivity contribution in [2.45, 2.75) is 13.0 Å². The van der Waals surface area contributed by atoms with Crippen molar-refractivity contribution < 1.29 is 13.9 Å². The Hall–Kier alpha value is -1.30. The Kier molecular flexibility index (Phi) is 5.45. The number of benzene rings is 1. The van der Waals surface area contributed by atoms with Crippen LogP contribution < -0.4 is 5.32 Å².